The predicted molar refractivity (Wildman–Crippen MR) is 113 cm³/mol. The van der Waals surface area contributed by atoms with Gasteiger partial charge in [-0.1, -0.05) is 0 Å². The highest BCUT2D eigenvalue weighted by Gasteiger charge is 2.27. The second kappa shape index (κ2) is 8.19. The molecule has 0 fully saturated rings. The molecule has 8 nitrogen and oxygen atoms in total. The van der Waals surface area contributed by atoms with E-state index in [9.17, 15) is 16.8 Å². The molecule has 0 aromatic carbocycles. The van der Waals surface area contributed by atoms with Gasteiger partial charge < -0.3 is 0 Å². The van der Waals surface area contributed by atoms with Crippen LogP contribution in [-0.4, -0.2) is 47.3 Å². The van der Waals surface area contributed by atoms with Crippen molar-refractivity contribution in [2.45, 2.75) is 48.2 Å². The molecule has 3 aromatic rings. The summed E-state index contributed by atoms with van der Waals surface area (Å²) in [5.41, 5.74) is 1.14. The highest BCUT2D eigenvalue weighted by atomic mass is 32.2. The van der Waals surface area contributed by atoms with E-state index in [1.54, 1.807) is 52.0 Å². The summed E-state index contributed by atoms with van der Waals surface area (Å²) >= 11 is 0. The molecule has 0 saturated heterocycles. The second-order valence-corrected chi connectivity index (χ2v) is 12.0. The molecule has 0 N–H and O–H groups in total. The average Bonchev–Trinajstić information content (AvgIpc) is 2.73. The highest BCUT2D eigenvalue weighted by Crippen LogP contribution is 2.29. The maximum Gasteiger partial charge on any atom is 0.198 e. The van der Waals surface area contributed by atoms with Crippen molar-refractivity contribution in [1.29, 1.82) is 0 Å². The molecule has 10 heteroatoms. The maximum absolute atomic E-state index is 12.7. The number of sulfone groups is 2. The monoisotopic (exact) mass is 446 g/mol. The van der Waals surface area contributed by atoms with Gasteiger partial charge in [0.15, 0.2) is 35.6 Å². The van der Waals surface area contributed by atoms with Crippen LogP contribution in [0.15, 0.2) is 59.1 Å². The lowest BCUT2D eigenvalue weighted by molar-refractivity contribution is 0.582. The zero-order valence-corrected chi connectivity index (χ0v) is 18.6. The number of hydrogen-bond donors (Lipinski definition) is 0. The minimum Gasteiger partial charge on any atom is -0.244 e. The molecule has 0 bridgehead atoms. The van der Waals surface area contributed by atoms with Crippen molar-refractivity contribution in [3.8, 4) is 22.5 Å². The SMILES string of the molecule is CC(C)S(=O)(=O)c1ncccc1-c1cnc(-c2cccnc2S(=O)(=O)C(C)C)nc1. The van der Waals surface area contributed by atoms with Crippen LogP contribution in [0.25, 0.3) is 22.5 Å². The molecule has 0 amide bonds. The van der Waals surface area contributed by atoms with Gasteiger partial charge in [-0.15, -0.1) is 0 Å². The van der Waals surface area contributed by atoms with E-state index in [2.05, 4.69) is 19.9 Å². The Kier molecular flexibility index (Phi) is 6.00. The number of pyridine rings is 2. The molecule has 3 heterocycles. The fraction of sp³-hybridized carbons (Fsp3) is 0.300. The van der Waals surface area contributed by atoms with E-state index in [1.165, 1.54) is 24.8 Å². The van der Waals surface area contributed by atoms with Gasteiger partial charge >= 0.3 is 0 Å². The third-order valence-electron chi connectivity index (χ3n) is 4.53. The normalized spacial score (nSPS) is 12.5. The Bertz CT molecular complexity index is 1170. The molecular formula is C20H22N4O4S2. The minimum absolute atomic E-state index is 0.0409. The number of nitrogens with zero attached hydrogens (tertiary/aromatic N) is 4. The van der Waals surface area contributed by atoms with Gasteiger partial charge in [0, 0.05) is 35.9 Å². The van der Waals surface area contributed by atoms with Gasteiger partial charge in [0.2, 0.25) is 0 Å². The fourth-order valence-electron chi connectivity index (χ4n) is 2.68. The molecule has 158 valence electrons. The van der Waals surface area contributed by atoms with Gasteiger partial charge in [0.1, 0.15) is 0 Å². The standard InChI is InChI=1S/C20H22N4O4S2/c1-13(2)29(25,26)19-16(7-5-9-21-19)15-11-23-18(24-12-15)17-8-6-10-22-20(17)30(27,28)14(3)4/h5-14H,1-4H3. The molecule has 3 rings (SSSR count). The Labute approximate surface area is 176 Å². The molecule has 0 unspecified atom stereocenters. The van der Waals surface area contributed by atoms with Crippen molar-refractivity contribution in [3.05, 3.63) is 49.1 Å². The molecule has 0 atom stereocenters. The van der Waals surface area contributed by atoms with E-state index < -0.39 is 30.2 Å². The lowest BCUT2D eigenvalue weighted by Gasteiger charge is -2.13. The number of rotatable bonds is 6. The van der Waals surface area contributed by atoms with Gasteiger partial charge in [0.25, 0.3) is 0 Å². The Morgan fingerprint density at radius 1 is 0.667 bits per heavy atom. The largest absolute Gasteiger partial charge is 0.244 e. The van der Waals surface area contributed by atoms with Gasteiger partial charge in [-0.2, -0.15) is 0 Å². The van der Waals surface area contributed by atoms with E-state index in [0.29, 0.717) is 16.7 Å². The lowest BCUT2D eigenvalue weighted by Crippen LogP contribution is -2.17. The molecule has 0 aliphatic carbocycles. The predicted octanol–water partition coefficient (Wildman–Crippen LogP) is 2.96. The summed E-state index contributed by atoms with van der Waals surface area (Å²) in [6, 6.07) is 6.48. The lowest BCUT2D eigenvalue weighted by atomic mass is 10.1. The van der Waals surface area contributed by atoms with E-state index in [-0.39, 0.29) is 15.9 Å². The summed E-state index contributed by atoms with van der Waals surface area (Å²) in [6.07, 6.45) is 5.74. The minimum atomic E-state index is -3.63. The van der Waals surface area contributed by atoms with Crippen LogP contribution in [0.5, 0.6) is 0 Å². The summed E-state index contributed by atoms with van der Waals surface area (Å²) in [5.74, 6) is 0.184. The Morgan fingerprint density at radius 3 is 1.57 bits per heavy atom. The molecule has 0 aliphatic heterocycles. The first-order chi connectivity index (χ1) is 14.1. The molecular weight excluding hydrogens is 424 g/mol. The third kappa shape index (κ3) is 3.97. The van der Waals surface area contributed by atoms with Crippen LogP contribution in [0.3, 0.4) is 0 Å². The number of hydrogen-bond acceptors (Lipinski definition) is 8. The van der Waals surface area contributed by atoms with Crippen molar-refractivity contribution in [2.75, 3.05) is 0 Å². The van der Waals surface area contributed by atoms with Crippen LogP contribution < -0.4 is 0 Å². The van der Waals surface area contributed by atoms with Crippen LogP contribution in [0.2, 0.25) is 0 Å². The van der Waals surface area contributed by atoms with Crippen molar-refractivity contribution < 1.29 is 16.8 Å². The second-order valence-electron chi connectivity index (χ2n) is 7.20. The summed E-state index contributed by atoms with van der Waals surface area (Å²) < 4.78 is 50.6. The first-order valence-electron chi connectivity index (χ1n) is 9.27. The third-order valence-corrected chi connectivity index (χ3v) is 8.74. The van der Waals surface area contributed by atoms with Gasteiger partial charge in [-0.05, 0) is 52.0 Å². The quantitative estimate of drug-likeness (QED) is 0.567. The Morgan fingerprint density at radius 2 is 1.10 bits per heavy atom. The van der Waals surface area contributed by atoms with Crippen molar-refractivity contribution in [2.24, 2.45) is 0 Å². The van der Waals surface area contributed by atoms with E-state index in [0.717, 1.165) is 0 Å². The summed E-state index contributed by atoms with van der Waals surface area (Å²) in [7, 11) is -7.24. The van der Waals surface area contributed by atoms with Gasteiger partial charge in [0.05, 0.1) is 16.1 Å². The molecule has 0 saturated carbocycles. The molecule has 0 radical (unpaired) electrons. The summed E-state index contributed by atoms with van der Waals surface area (Å²) in [6.45, 7) is 6.34. The average molecular weight is 447 g/mol. The summed E-state index contributed by atoms with van der Waals surface area (Å²) in [4.78, 5) is 16.7. The molecule has 30 heavy (non-hydrogen) atoms. The van der Waals surface area contributed by atoms with Crippen LogP contribution in [0.4, 0.5) is 0 Å². The maximum atomic E-state index is 12.7. The zero-order chi connectivity index (χ0) is 22.1. The summed E-state index contributed by atoms with van der Waals surface area (Å²) in [5, 5.41) is -1.41. The number of aromatic nitrogens is 4. The Hall–Kier alpha value is -2.72. The highest BCUT2D eigenvalue weighted by molar-refractivity contribution is 7.92. The Balaban J connectivity index is 2.10. The van der Waals surface area contributed by atoms with Crippen LogP contribution in [-0.2, 0) is 19.7 Å². The molecule has 3 aromatic heterocycles. The molecule has 0 aliphatic rings. The van der Waals surface area contributed by atoms with Crippen molar-refractivity contribution in [1.82, 2.24) is 19.9 Å². The fourth-order valence-corrected chi connectivity index (χ4v) is 4.94. The van der Waals surface area contributed by atoms with Crippen molar-refractivity contribution >= 4 is 19.7 Å². The van der Waals surface area contributed by atoms with Crippen LogP contribution in [0, 0.1) is 0 Å². The van der Waals surface area contributed by atoms with Gasteiger partial charge in [-0.3, -0.25) is 0 Å². The van der Waals surface area contributed by atoms with Crippen LogP contribution in [0.1, 0.15) is 27.7 Å². The molecule has 0 spiro atoms. The zero-order valence-electron chi connectivity index (χ0n) is 17.0. The first kappa shape index (κ1) is 22.0. The smallest absolute Gasteiger partial charge is 0.198 e. The first-order valence-corrected chi connectivity index (χ1v) is 12.4. The van der Waals surface area contributed by atoms with E-state index in [1.807, 2.05) is 0 Å². The van der Waals surface area contributed by atoms with E-state index >= 15 is 0 Å². The van der Waals surface area contributed by atoms with Crippen LogP contribution >= 0.6 is 0 Å². The van der Waals surface area contributed by atoms with Crippen molar-refractivity contribution in [3.63, 3.8) is 0 Å². The van der Waals surface area contributed by atoms with E-state index in [4.69, 9.17) is 0 Å². The topological polar surface area (TPSA) is 120 Å². The van der Waals surface area contributed by atoms with Gasteiger partial charge in [-0.25, -0.2) is 36.8 Å².